The van der Waals surface area contributed by atoms with Gasteiger partial charge in [-0.2, -0.15) is 0 Å². The second kappa shape index (κ2) is 6.79. The minimum absolute atomic E-state index is 0.415. The lowest BCUT2D eigenvalue weighted by molar-refractivity contribution is 0.154. The van der Waals surface area contributed by atoms with Crippen molar-refractivity contribution in [2.75, 3.05) is 46.3 Å². The molecule has 1 aromatic heterocycles. The molecule has 108 valence electrons. The average molecular weight is 282 g/mol. The van der Waals surface area contributed by atoms with Crippen LogP contribution in [-0.2, 0) is 0 Å². The van der Waals surface area contributed by atoms with Gasteiger partial charge in [0.05, 0.1) is 10.7 Å². The summed E-state index contributed by atoms with van der Waals surface area (Å²) in [7, 11) is 2.20. The van der Waals surface area contributed by atoms with Gasteiger partial charge in [0, 0.05) is 50.2 Å². The Balaban J connectivity index is 1.72. The van der Waals surface area contributed by atoms with Crippen LogP contribution in [0.1, 0.15) is 28.5 Å². The minimum Gasteiger partial charge on any atom is -0.308 e. The summed E-state index contributed by atoms with van der Waals surface area (Å²) in [4.78, 5) is 10.8. The number of thiazole rings is 1. The number of nitrogens with zero attached hydrogens (tertiary/aromatic N) is 3. The van der Waals surface area contributed by atoms with Gasteiger partial charge in [0.2, 0.25) is 0 Å². The fraction of sp³-hybridized carbons (Fsp3) is 0.786. The predicted molar refractivity (Wildman–Crippen MR) is 81.9 cm³/mol. The van der Waals surface area contributed by atoms with Crippen molar-refractivity contribution >= 4 is 11.3 Å². The molecule has 1 atom stereocenters. The van der Waals surface area contributed by atoms with Crippen LogP contribution in [0.4, 0.5) is 0 Å². The molecule has 19 heavy (non-hydrogen) atoms. The standard InChI is InChI=1S/C14H26N4S/c1-11(14-12(2)16-13(3)19-14)15-5-6-18-9-7-17(4)8-10-18/h11,15H,5-10H2,1-4H3. The van der Waals surface area contributed by atoms with E-state index in [1.54, 1.807) is 0 Å². The van der Waals surface area contributed by atoms with E-state index in [1.165, 1.54) is 41.8 Å². The molecule has 1 aromatic rings. The first kappa shape index (κ1) is 14.9. The summed E-state index contributed by atoms with van der Waals surface area (Å²) in [6, 6.07) is 0.415. The molecule has 5 heteroatoms. The zero-order chi connectivity index (χ0) is 13.8. The number of likely N-dealkylation sites (N-methyl/N-ethyl adjacent to an activating group) is 1. The van der Waals surface area contributed by atoms with Gasteiger partial charge in [0.25, 0.3) is 0 Å². The number of piperazine rings is 1. The van der Waals surface area contributed by atoms with Crippen molar-refractivity contribution in [3.63, 3.8) is 0 Å². The van der Waals surface area contributed by atoms with Crippen molar-refractivity contribution in [1.82, 2.24) is 20.1 Å². The maximum Gasteiger partial charge on any atom is 0.0900 e. The Hall–Kier alpha value is -0.490. The molecule has 0 spiro atoms. The average Bonchev–Trinajstić information content (AvgIpc) is 2.71. The Morgan fingerprint density at radius 1 is 1.26 bits per heavy atom. The normalized spacial score (nSPS) is 19.8. The first-order valence-electron chi connectivity index (χ1n) is 7.14. The van der Waals surface area contributed by atoms with Crippen LogP contribution in [0.3, 0.4) is 0 Å². The number of hydrogen-bond donors (Lipinski definition) is 1. The van der Waals surface area contributed by atoms with E-state index >= 15 is 0 Å². The zero-order valence-electron chi connectivity index (χ0n) is 12.6. The number of aryl methyl sites for hydroxylation is 2. The summed E-state index contributed by atoms with van der Waals surface area (Å²) in [5.41, 5.74) is 1.18. The Bertz CT molecular complexity index is 396. The molecule has 1 aliphatic rings. The Morgan fingerprint density at radius 3 is 2.53 bits per heavy atom. The number of aromatic nitrogens is 1. The summed E-state index contributed by atoms with van der Waals surface area (Å²) in [5, 5.41) is 4.79. The van der Waals surface area contributed by atoms with Gasteiger partial charge in [-0.05, 0) is 27.8 Å². The SMILES string of the molecule is Cc1nc(C)c(C(C)NCCN2CCN(C)CC2)s1. The molecule has 1 N–H and O–H groups in total. The Labute approximate surface area is 120 Å². The van der Waals surface area contributed by atoms with E-state index in [-0.39, 0.29) is 0 Å². The summed E-state index contributed by atoms with van der Waals surface area (Å²) < 4.78 is 0. The molecule has 1 fully saturated rings. The molecule has 4 nitrogen and oxygen atoms in total. The monoisotopic (exact) mass is 282 g/mol. The van der Waals surface area contributed by atoms with Crippen LogP contribution in [0, 0.1) is 13.8 Å². The van der Waals surface area contributed by atoms with Crippen molar-refractivity contribution < 1.29 is 0 Å². The van der Waals surface area contributed by atoms with E-state index in [1.807, 2.05) is 11.3 Å². The molecule has 0 radical (unpaired) electrons. The summed E-state index contributed by atoms with van der Waals surface area (Å²) in [6.07, 6.45) is 0. The van der Waals surface area contributed by atoms with Gasteiger partial charge in [0.15, 0.2) is 0 Å². The maximum atomic E-state index is 4.50. The van der Waals surface area contributed by atoms with Gasteiger partial charge in [-0.25, -0.2) is 4.98 Å². The van der Waals surface area contributed by atoms with Gasteiger partial charge >= 0.3 is 0 Å². The van der Waals surface area contributed by atoms with Crippen molar-refractivity contribution in [2.24, 2.45) is 0 Å². The number of nitrogens with one attached hydrogen (secondary N) is 1. The molecule has 0 aliphatic carbocycles. The largest absolute Gasteiger partial charge is 0.308 e. The van der Waals surface area contributed by atoms with Crippen LogP contribution >= 0.6 is 11.3 Å². The van der Waals surface area contributed by atoms with Crippen molar-refractivity contribution in [3.8, 4) is 0 Å². The third-order valence-electron chi connectivity index (χ3n) is 3.81. The fourth-order valence-corrected chi connectivity index (χ4v) is 3.51. The zero-order valence-corrected chi connectivity index (χ0v) is 13.4. The Kier molecular flexibility index (Phi) is 5.33. The first-order chi connectivity index (χ1) is 9.06. The van der Waals surface area contributed by atoms with Crippen LogP contribution in [0.2, 0.25) is 0 Å². The number of rotatable bonds is 5. The quantitative estimate of drug-likeness (QED) is 0.890. The first-order valence-corrected chi connectivity index (χ1v) is 7.96. The number of hydrogen-bond acceptors (Lipinski definition) is 5. The lowest BCUT2D eigenvalue weighted by Crippen LogP contribution is -2.46. The van der Waals surface area contributed by atoms with Gasteiger partial charge in [-0.15, -0.1) is 11.3 Å². The van der Waals surface area contributed by atoms with Gasteiger partial charge in [-0.1, -0.05) is 0 Å². The van der Waals surface area contributed by atoms with E-state index in [4.69, 9.17) is 0 Å². The molecule has 0 amide bonds. The molecule has 1 unspecified atom stereocenters. The molecule has 1 saturated heterocycles. The smallest absolute Gasteiger partial charge is 0.0900 e. The maximum absolute atomic E-state index is 4.50. The van der Waals surface area contributed by atoms with Crippen LogP contribution in [0.15, 0.2) is 0 Å². The highest BCUT2D eigenvalue weighted by Crippen LogP contribution is 2.24. The summed E-state index contributed by atoms with van der Waals surface area (Å²) in [6.45, 7) is 13.4. The molecular formula is C14H26N4S. The molecule has 0 saturated carbocycles. The highest BCUT2D eigenvalue weighted by atomic mass is 32.1. The van der Waals surface area contributed by atoms with Crippen LogP contribution < -0.4 is 5.32 Å². The van der Waals surface area contributed by atoms with E-state index in [0.717, 1.165) is 13.1 Å². The summed E-state index contributed by atoms with van der Waals surface area (Å²) >= 11 is 1.81. The van der Waals surface area contributed by atoms with E-state index < -0.39 is 0 Å². The van der Waals surface area contributed by atoms with Gasteiger partial charge in [0.1, 0.15) is 0 Å². The van der Waals surface area contributed by atoms with E-state index in [9.17, 15) is 0 Å². The third-order valence-corrected chi connectivity index (χ3v) is 5.06. The highest BCUT2D eigenvalue weighted by Gasteiger charge is 2.15. The van der Waals surface area contributed by atoms with E-state index in [2.05, 4.69) is 47.9 Å². The lowest BCUT2D eigenvalue weighted by Gasteiger charge is -2.32. The minimum atomic E-state index is 0.415. The molecule has 0 aromatic carbocycles. The Morgan fingerprint density at radius 2 is 1.95 bits per heavy atom. The topological polar surface area (TPSA) is 31.4 Å². The fourth-order valence-electron chi connectivity index (χ4n) is 2.55. The third kappa shape index (κ3) is 4.24. The second-order valence-electron chi connectivity index (χ2n) is 5.50. The highest BCUT2D eigenvalue weighted by molar-refractivity contribution is 7.11. The lowest BCUT2D eigenvalue weighted by atomic mass is 10.2. The molecule has 0 bridgehead atoms. The van der Waals surface area contributed by atoms with Crippen LogP contribution in [0.5, 0.6) is 0 Å². The second-order valence-corrected chi connectivity index (χ2v) is 6.74. The van der Waals surface area contributed by atoms with Gasteiger partial charge in [-0.3, -0.25) is 4.90 Å². The molecule has 1 aliphatic heterocycles. The predicted octanol–water partition coefficient (Wildman–Crippen LogP) is 1.66. The molecule has 2 rings (SSSR count). The van der Waals surface area contributed by atoms with Crippen LogP contribution in [-0.4, -0.2) is 61.1 Å². The van der Waals surface area contributed by atoms with E-state index in [0.29, 0.717) is 6.04 Å². The van der Waals surface area contributed by atoms with Crippen LogP contribution in [0.25, 0.3) is 0 Å². The van der Waals surface area contributed by atoms with Gasteiger partial charge < -0.3 is 10.2 Å². The molecular weight excluding hydrogens is 256 g/mol. The van der Waals surface area contributed by atoms with Crippen molar-refractivity contribution in [3.05, 3.63) is 15.6 Å². The molecule has 2 heterocycles. The summed E-state index contributed by atoms with van der Waals surface area (Å²) in [5.74, 6) is 0. The van der Waals surface area contributed by atoms with Crippen molar-refractivity contribution in [2.45, 2.75) is 26.8 Å². The van der Waals surface area contributed by atoms with Crippen molar-refractivity contribution in [1.29, 1.82) is 0 Å².